The third-order valence-corrected chi connectivity index (χ3v) is 6.71. The van der Waals surface area contributed by atoms with E-state index in [1.54, 1.807) is 11.8 Å². The lowest BCUT2D eigenvalue weighted by atomic mass is 9.92. The Labute approximate surface area is 162 Å². The Kier molecular flexibility index (Phi) is 3.32. The molecule has 0 spiro atoms. The molecule has 1 atom stereocenters. The van der Waals surface area contributed by atoms with Crippen molar-refractivity contribution in [2.45, 2.75) is 17.4 Å². The zero-order valence-corrected chi connectivity index (χ0v) is 15.6. The molecule has 2 nitrogen and oxygen atoms in total. The average Bonchev–Trinajstić information content (AvgIpc) is 3.11. The third kappa shape index (κ3) is 2.31. The van der Waals surface area contributed by atoms with Crippen LogP contribution in [-0.2, 0) is 0 Å². The Balaban J connectivity index is 1.52. The average molecular weight is 366 g/mol. The summed E-state index contributed by atoms with van der Waals surface area (Å²) in [6.45, 7) is 1.02. The molecule has 27 heavy (non-hydrogen) atoms. The lowest BCUT2D eigenvalue weighted by molar-refractivity contribution is 0.641. The first-order valence-electron chi connectivity index (χ1n) is 9.41. The van der Waals surface area contributed by atoms with Gasteiger partial charge in [-0.2, -0.15) is 0 Å². The Hall–Kier alpha value is -2.78. The topological polar surface area (TPSA) is 15.6 Å². The van der Waals surface area contributed by atoms with Crippen molar-refractivity contribution in [1.29, 1.82) is 0 Å². The van der Waals surface area contributed by atoms with Crippen molar-refractivity contribution >= 4 is 44.2 Å². The number of benzene rings is 4. The maximum Gasteiger partial charge on any atom is 0.169 e. The second kappa shape index (κ2) is 5.86. The molecule has 0 saturated carbocycles. The molecule has 0 amide bonds. The van der Waals surface area contributed by atoms with Crippen molar-refractivity contribution in [3.63, 3.8) is 0 Å². The molecule has 2 aliphatic heterocycles. The van der Waals surface area contributed by atoms with E-state index in [1.807, 2.05) is 0 Å². The minimum Gasteiger partial charge on any atom is -0.320 e. The summed E-state index contributed by atoms with van der Waals surface area (Å²) in [4.78, 5) is 8.89. The molecule has 0 aliphatic carbocycles. The predicted octanol–water partition coefficient (Wildman–Crippen LogP) is 6.41. The molecule has 0 aromatic heterocycles. The van der Waals surface area contributed by atoms with E-state index in [4.69, 9.17) is 4.99 Å². The van der Waals surface area contributed by atoms with Crippen LogP contribution in [0.15, 0.2) is 88.8 Å². The molecule has 2 heterocycles. The van der Waals surface area contributed by atoms with Gasteiger partial charge in [-0.3, -0.25) is 4.99 Å². The van der Waals surface area contributed by atoms with E-state index in [9.17, 15) is 0 Å². The predicted molar refractivity (Wildman–Crippen MR) is 116 cm³/mol. The maximum atomic E-state index is 5.19. The normalized spacial score (nSPS) is 18.4. The molecule has 0 bridgehead atoms. The van der Waals surface area contributed by atoms with Gasteiger partial charge in [0.15, 0.2) is 5.17 Å². The van der Waals surface area contributed by atoms with Gasteiger partial charge in [-0.1, -0.05) is 60.7 Å². The van der Waals surface area contributed by atoms with Crippen LogP contribution in [0.25, 0.3) is 21.5 Å². The fraction of sp³-hybridized carbons (Fsp3) is 0.125. The number of thioether (sulfide) groups is 1. The summed E-state index contributed by atoms with van der Waals surface area (Å²) < 4.78 is 0. The van der Waals surface area contributed by atoms with Crippen molar-refractivity contribution in [3.8, 4) is 0 Å². The summed E-state index contributed by atoms with van der Waals surface area (Å²) >= 11 is 1.80. The van der Waals surface area contributed by atoms with Gasteiger partial charge in [-0.15, -0.1) is 0 Å². The highest BCUT2D eigenvalue weighted by atomic mass is 32.2. The zero-order valence-electron chi connectivity index (χ0n) is 14.8. The monoisotopic (exact) mass is 366 g/mol. The number of hydrogen-bond donors (Lipinski definition) is 0. The van der Waals surface area contributed by atoms with Crippen LogP contribution in [0, 0.1) is 0 Å². The van der Waals surface area contributed by atoms with Gasteiger partial charge in [0, 0.05) is 11.4 Å². The minimum atomic E-state index is 0.215. The first kappa shape index (κ1) is 15.3. The van der Waals surface area contributed by atoms with Crippen molar-refractivity contribution in [2.75, 3.05) is 11.4 Å². The number of para-hydroxylation sites is 1. The van der Waals surface area contributed by atoms with Gasteiger partial charge < -0.3 is 4.90 Å². The van der Waals surface area contributed by atoms with E-state index in [-0.39, 0.29) is 6.04 Å². The highest BCUT2D eigenvalue weighted by Gasteiger charge is 2.31. The highest BCUT2D eigenvalue weighted by molar-refractivity contribution is 8.14. The zero-order chi connectivity index (χ0) is 17.8. The van der Waals surface area contributed by atoms with Gasteiger partial charge in [-0.05, 0) is 63.5 Å². The maximum absolute atomic E-state index is 5.19. The molecule has 0 radical (unpaired) electrons. The van der Waals surface area contributed by atoms with Crippen LogP contribution >= 0.6 is 11.8 Å². The Morgan fingerprint density at radius 2 is 1.56 bits per heavy atom. The molecule has 130 valence electrons. The molecule has 6 rings (SSSR count). The van der Waals surface area contributed by atoms with Crippen molar-refractivity contribution in [1.82, 2.24) is 0 Å². The fourth-order valence-electron chi connectivity index (χ4n) is 4.37. The lowest BCUT2D eigenvalue weighted by Gasteiger charge is -2.28. The van der Waals surface area contributed by atoms with E-state index < -0.39 is 0 Å². The van der Waals surface area contributed by atoms with Crippen LogP contribution in [0.4, 0.5) is 5.69 Å². The number of hydrogen-bond acceptors (Lipinski definition) is 3. The van der Waals surface area contributed by atoms with Crippen LogP contribution in [-0.4, -0.2) is 11.7 Å². The molecular formula is C24H18N2S. The van der Waals surface area contributed by atoms with Crippen molar-refractivity contribution in [3.05, 3.63) is 84.4 Å². The number of anilines is 1. The van der Waals surface area contributed by atoms with Gasteiger partial charge in [0.25, 0.3) is 0 Å². The number of fused-ring (bicyclic) bond motifs is 6. The van der Waals surface area contributed by atoms with E-state index in [2.05, 4.69) is 83.8 Å². The first-order chi connectivity index (χ1) is 13.4. The molecule has 1 unspecified atom stereocenters. The Bertz CT molecular complexity index is 1230. The lowest BCUT2D eigenvalue weighted by Crippen LogP contribution is -2.31. The molecule has 0 saturated heterocycles. The second-order valence-corrected chi connectivity index (χ2v) is 8.18. The quantitative estimate of drug-likeness (QED) is 0.362. The summed E-state index contributed by atoms with van der Waals surface area (Å²) in [6, 6.07) is 28.7. The van der Waals surface area contributed by atoms with E-state index in [0.717, 1.165) is 18.1 Å². The van der Waals surface area contributed by atoms with Crippen LogP contribution in [0.5, 0.6) is 0 Å². The molecule has 4 aromatic carbocycles. The largest absolute Gasteiger partial charge is 0.320 e. The summed E-state index contributed by atoms with van der Waals surface area (Å²) in [5, 5.41) is 6.43. The summed E-state index contributed by atoms with van der Waals surface area (Å²) in [5.41, 5.74) is 2.66. The number of amidine groups is 1. The third-order valence-electron chi connectivity index (χ3n) is 5.64. The number of aliphatic imine (C=N–C) groups is 1. The smallest absolute Gasteiger partial charge is 0.169 e. The van der Waals surface area contributed by atoms with Gasteiger partial charge in [0.2, 0.25) is 0 Å². The SMILES string of the molecule is c1ccc2c(c1)SC1=NC(c3cc4ccccc4c4ccccc34)CCN12. The van der Waals surface area contributed by atoms with Crippen LogP contribution in [0.2, 0.25) is 0 Å². The van der Waals surface area contributed by atoms with Gasteiger partial charge in [0.1, 0.15) is 0 Å². The van der Waals surface area contributed by atoms with Crippen molar-refractivity contribution in [2.24, 2.45) is 4.99 Å². The molecule has 0 fully saturated rings. The van der Waals surface area contributed by atoms with Crippen LogP contribution < -0.4 is 4.90 Å². The minimum absolute atomic E-state index is 0.215. The first-order valence-corrected chi connectivity index (χ1v) is 10.2. The summed E-state index contributed by atoms with van der Waals surface area (Å²) in [7, 11) is 0. The van der Waals surface area contributed by atoms with E-state index >= 15 is 0 Å². The van der Waals surface area contributed by atoms with Gasteiger partial charge >= 0.3 is 0 Å². The fourth-order valence-corrected chi connectivity index (χ4v) is 5.47. The Morgan fingerprint density at radius 3 is 2.48 bits per heavy atom. The summed E-state index contributed by atoms with van der Waals surface area (Å²) in [5.74, 6) is 0. The summed E-state index contributed by atoms with van der Waals surface area (Å²) in [6.07, 6.45) is 1.04. The van der Waals surface area contributed by atoms with Crippen molar-refractivity contribution < 1.29 is 0 Å². The highest BCUT2D eigenvalue weighted by Crippen LogP contribution is 2.45. The Morgan fingerprint density at radius 1 is 0.815 bits per heavy atom. The number of rotatable bonds is 1. The molecule has 0 N–H and O–H groups in total. The molecular weight excluding hydrogens is 348 g/mol. The molecule has 2 aliphatic rings. The molecule has 4 aromatic rings. The molecule has 3 heteroatoms. The second-order valence-electron chi connectivity index (χ2n) is 7.17. The van der Waals surface area contributed by atoms with Gasteiger partial charge in [0.05, 0.1) is 11.7 Å². The van der Waals surface area contributed by atoms with Crippen LogP contribution in [0.1, 0.15) is 18.0 Å². The van der Waals surface area contributed by atoms with E-state index in [0.29, 0.717) is 0 Å². The number of nitrogens with zero attached hydrogens (tertiary/aromatic N) is 2. The van der Waals surface area contributed by atoms with Crippen LogP contribution in [0.3, 0.4) is 0 Å². The standard InChI is InChI=1S/C24H18N2S/c1-2-8-17-16(7-1)15-20(19-10-4-3-9-18(17)19)21-13-14-26-22-11-5-6-12-23(22)27-24(26)25-21/h1-12,15,21H,13-14H2. The van der Waals surface area contributed by atoms with Gasteiger partial charge in [-0.25, -0.2) is 0 Å². The van der Waals surface area contributed by atoms with E-state index in [1.165, 1.54) is 37.7 Å².